The number of benzene rings is 1. The quantitative estimate of drug-likeness (QED) is 0.890. The van der Waals surface area contributed by atoms with Crippen LogP contribution in [0.3, 0.4) is 0 Å². The average Bonchev–Trinajstić information content (AvgIpc) is 2.40. The van der Waals surface area contributed by atoms with Gasteiger partial charge in [0.15, 0.2) is 0 Å². The summed E-state index contributed by atoms with van der Waals surface area (Å²) in [5.41, 5.74) is 0.650. The fourth-order valence-corrected chi connectivity index (χ4v) is 2.45. The molecule has 18 heavy (non-hydrogen) atoms. The van der Waals surface area contributed by atoms with E-state index in [-0.39, 0.29) is 5.82 Å². The summed E-state index contributed by atoms with van der Waals surface area (Å²) in [6, 6.07) is 5.37. The minimum Gasteiger partial charge on any atom is -0.497 e. The predicted molar refractivity (Wildman–Crippen MR) is 71.9 cm³/mol. The van der Waals surface area contributed by atoms with Gasteiger partial charge in [0, 0.05) is 31.7 Å². The number of halogens is 1. The lowest BCUT2D eigenvalue weighted by Crippen LogP contribution is -2.50. The molecule has 4 heteroatoms. The molecule has 3 nitrogen and oxygen atoms in total. The first-order chi connectivity index (χ1) is 8.74. The molecule has 0 radical (unpaired) electrons. The van der Waals surface area contributed by atoms with Crippen molar-refractivity contribution in [2.24, 2.45) is 0 Å². The molecule has 1 aromatic rings. The van der Waals surface area contributed by atoms with Crippen LogP contribution in [0.15, 0.2) is 18.2 Å². The van der Waals surface area contributed by atoms with Crippen LogP contribution in [0.1, 0.15) is 19.8 Å². The number of piperazine rings is 1. The molecule has 1 aliphatic rings. The highest BCUT2D eigenvalue weighted by atomic mass is 19.1. The van der Waals surface area contributed by atoms with Gasteiger partial charge in [0.1, 0.15) is 11.6 Å². The number of ether oxygens (including phenoxy) is 1. The Morgan fingerprint density at radius 3 is 3.06 bits per heavy atom. The first kappa shape index (κ1) is 13.1. The summed E-state index contributed by atoms with van der Waals surface area (Å²) < 4.78 is 19.1. The van der Waals surface area contributed by atoms with E-state index in [0.717, 1.165) is 32.5 Å². The molecule has 0 bridgehead atoms. The normalized spacial score (nSPS) is 19.9. The fourth-order valence-electron chi connectivity index (χ4n) is 2.45. The molecular formula is C14H21FN2O. The van der Waals surface area contributed by atoms with Gasteiger partial charge in [-0.2, -0.15) is 0 Å². The zero-order valence-electron chi connectivity index (χ0n) is 11.1. The first-order valence-electron chi connectivity index (χ1n) is 6.56. The third-order valence-corrected chi connectivity index (χ3v) is 3.39. The summed E-state index contributed by atoms with van der Waals surface area (Å²) in [6.45, 7) is 4.77. The Labute approximate surface area is 108 Å². The van der Waals surface area contributed by atoms with Crippen molar-refractivity contribution in [1.29, 1.82) is 0 Å². The van der Waals surface area contributed by atoms with E-state index in [4.69, 9.17) is 4.74 Å². The van der Waals surface area contributed by atoms with E-state index in [1.54, 1.807) is 19.2 Å². The summed E-state index contributed by atoms with van der Waals surface area (Å²) in [5.74, 6) is 0.532. The number of hydrogen-bond donors (Lipinski definition) is 1. The average molecular weight is 252 g/mol. The Kier molecular flexibility index (Phi) is 4.42. The van der Waals surface area contributed by atoms with E-state index in [2.05, 4.69) is 17.1 Å². The van der Waals surface area contributed by atoms with Gasteiger partial charge in [-0.1, -0.05) is 13.3 Å². The highest BCUT2D eigenvalue weighted by Gasteiger charge is 2.21. The Bertz CT molecular complexity index is 395. The molecule has 1 fully saturated rings. The molecule has 1 atom stereocenters. The Morgan fingerprint density at radius 1 is 1.50 bits per heavy atom. The minimum absolute atomic E-state index is 0.173. The second kappa shape index (κ2) is 6.05. The van der Waals surface area contributed by atoms with Crippen LogP contribution in [-0.4, -0.2) is 32.8 Å². The molecule has 0 aliphatic carbocycles. The second-order valence-corrected chi connectivity index (χ2v) is 4.70. The van der Waals surface area contributed by atoms with Crippen LogP contribution in [0.4, 0.5) is 10.1 Å². The van der Waals surface area contributed by atoms with Gasteiger partial charge in [0.05, 0.1) is 12.8 Å². The molecule has 0 amide bonds. The lowest BCUT2D eigenvalue weighted by molar-refractivity contribution is 0.410. The number of anilines is 1. The van der Waals surface area contributed by atoms with E-state index in [9.17, 15) is 4.39 Å². The second-order valence-electron chi connectivity index (χ2n) is 4.70. The molecule has 1 saturated heterocycles. The van der Waals surface area contributed by atoms with E-state index >= 15 is 0 Å². The molecule has 1 aliphatic heterocycles. The van der Waals surface area contributed by atoms with E-state index in [0.29, 0.717) is 17.5 Å². The molecule has 0 spiro atoms. The smallest absolute Gasteiger partial charge is 0.146 e. The monoisotopic (exact) mass is 252 g/mol. The van der Waals surface area contributed by atoms with Crippen LogP contribution in [0.5, 0.6) is 5.75 Å². The van der Waals surface area contributed by atoms with Gasteiger partial charge < -0.3 is 15.0 Å². The van der Waals surface area contributed by atoms with Crippen molar-refractivity contribution in [3.8, 4) is 5.75 Å². The maximum Gasteiger partial charge on any atom is 0.146 e. The molecule has 100 valence electrons. The molecule has 1 unspecified atom stereocenters. The van der Waals surface area contributed by atoms with Crippen LogP contribution >= 0.6 is 0 Å². The lowest BCUT2D eigenvalue weighted by atomic mass is 10.1. The van der Waals surface area contributed by atoms with Gasteiger partial charge in [-0.25, -0.2) is 4.39 Å². The van der Waals surface area contributed by atoms with Gasteiger partial charge in [0.2, 0.25) is 0 Å². The van der Waals surface area contributed by atoms with Gasteiger partial charge in [-0.3, -0.25) is 0 Å². The molecular weight excluding hydrogens is 231 g/mol. The van der Waals surface area contributed by atoms with Gasteiger partial charge >= 0.3 is 0 Å². The molecule has 0 aromatic heterocycles. The SMILES string of the molecule is CCCC1CN(c2cc(OC)ccc2F)CCN1. The lowest BCUT2D eigenvalue weighted by Gasteiger charge is -2.35. The van der Waals surface area contributed by atoms with Crippen molar-refractivity contribution < 1.29 is 9.13 Å². The van der Waals surface area contributed by atoms with E-state index in [1.807, 2.05) is 0 Å². The van der Waals surface area contributed by atoms with Crippen LogP contribution in [0.25, 0.3) is 0 Å². The summed E-state index contributed by atoms with van der Waals surface area (Å²) in [7, 11) is 1.61. The molecule has 2 rings (SSSR count). The number of rotatable bonds is 4. The molecule has 0 saturated carbocycles. The first-order valence-corrected chi connectivity index (χ1v) is 6.56. The van der Waals surface area contributed by atoms with Crippen LogP contribution in [0, 0.1) is 5.82 Å². The Hall–Kier alpha value is -1.29. The van der Waals surface area contributed by atoms with Crippen molar-refractivity contribution in [2.75, 3.05) is 31.6 Å². The predicted octanol–water partition coefficient (Wildman–Crippen LogP) is 2.41. The molecule has 1 N–H and O–H groups in total. The Morgan fingerprint density at radius 2 is 2.33 bits per heavy atom. The standard InChI is InChI=1S/C14H21FN2O/c1-3-4-11-10-17(8-7-16-11)14-9-12(18-2)5-6-13(14)15/h5-6,9,11,16H,3-4,7-8,10H2,1-2H3. The Balaban J connectivity index is 2.14. The number of methoxy groups -OCH3 is 1. The summed E-state index contributed by atoms with van der Waals surface area (Å²) in [6.07, 6.45) is 2.27. The largest absolute Gasteiger partial charge is 0.497 e. The van der Waals surface area contributed by atoms with E-state index < -0.39 is 0 Å². The van der Waals surface area contributed by atoms with Gasteiger partial charge in [-0.15, -0.1) is 0 Å². The van der Waals surface area contributed by atoms with E-state index in [1.165, 1.54) is 6.07 Å². The van der Waals surface area contributed by atoms with Gasteiger partial charge in [0.25, 0.3) is 0 Å². The highest BCUT2D eigenvalue weighted by Crippen LogP contribution is 2.26. The maximum absolute atomic E-state index is 13.9. The third-order valence-electron chi connectivity index (χ3n) is 3.39. The van der Waals surface area contributed by atoms with Crippen LogP contribution in [0.2, 0.25) is 0 Å². The zero-order valence-corrected chi connectivity index (χ0v) is 11.1. The van der Waals surface area contributed by atoms with Crippen molar-refractivity contribution in [2.45, 2.75) is 25.8 Å². The summed E-state index contributed by atoms with van der Waals surface area (Å²) in [5, 5.41) is 3.47. The number of nitrogens with zero attached hydrogens (tertiary/aromatic N) is 1. The maximum atomic E-state index is 13.9. The number of hydrogen-bond acceptors (Lipinski definition) is 3. The molecule has 1 aromatic carbocycles. The van der Waals surface area contributed by atoms with Crippen LogP contribution in [-0.2, 0) is 0 Å². The zero-order chi connectivity index (χ0) is 13.0. The topological polar surface area (TPSA) is 24.5 Å². The van der Waals surface area contributed by atoms with Crippen molar-refractivity contribution in [3.63, 3.8) is 0 Å². The molecule has 1 heterocycles. The van der Waals surface area contributed by atoms with Gasteiger partial charge in [-0.05, 0) is 18.6 Å². The third kappa shape index (κ3) is 2.93. The van der Waals surface area contributed by atoms with Crippen molar-refractivity contribution in [3.05, 3.63) is 24.0 Å². The minimum atomic E-state index is -0.173. The summed E-state index contributed by atoms with van der Waals surface area (Å²) >= 11 is 0. The highest BCUT2D eigenvalue weighted by molar-refractivity contribution is 5.52. The van der Waals surface area contributed by atoms with Crippen molar-refractivity contribution in [1.82, 2.24) is 5.32 Å². The van der Waals surface area contributed by atoms with Crippen molar-refractivity contribution >= 4 is 5.69 Å². The summed E-state index contributed by atoms with van der Waals surface area (Å²) in [4.78, 5) is 2.11. The number of nitrogens with one attached hydrogen (secondary N) is 1. The fraction of sp³-hybridized carbons (Fsp3) is 0.571. The van der Waals surface area contributed by atoms with Crippen LogP contribution < -0.4 is 15.0 Å².